The first-order valence-electron chi connectivity index (χ1n) is 15.3. The molecular weight excluding hydrogens is 540 g/mol. The molecule has 1 aliphatic carbocycles. The molecule has 3 aliphatic rings. The first-order valence-corrected chi connectivity index (χ1v) is 15.3. The second kappa shape index (κ2) is 12.9. The molecule has 42 heavy (non-hydrogen) atoms. The third-order valence-corrected chi connectivity index (χ3v) is 8.72. The molecule has 10 heteroatoms. The molecule has 3 fully saturated rings. The minimum absolute atomic E-state index is 0.0985. The predicted octanol–water partition coefficient (Wildman–Crippen LogP) is 5.17. The summed E-state index contributed by atoms with van der Waals surface area (Å²) in [6, 6.07) is 7.96. The Hall–Kier alpha value is -2.69. The largest absolute Gasteiger partial charge is 0.444 e. The lowest BCUT2D eigenvalue weighted by Gasteiger charge is -2.38. The Bertz CT molecular complexity index is 1100. The third-order valence-electron chi connectivity index (χ3n) is 8.72. The molecule has 2 saturated heterocycles. The number of imide groups is 1. The van der Waals surface area contributed by atoms with E-state index in [9.17, 15) is 24.6 Å². The highest BCUT2D eigenvalue weighted by Gasteiger charge is 2.58. The SMILES string of the molecule is C[C@@H]1[C@H](c2ccccc2)OC(=O)N1C(=O)[C@@H]([C@H]1OC(C)(C)N(C(=O)OC(C)(C)C)[C@H]1CC1CCCCC1)[C@H](O)CCO. The van der Waals surface area contributed by atoms with Crippen LogP contribution >= 0.6 is 0 Å². The number of carbonyl (C=O) groups excluding carboxylic acids is 3. The van der Waals surface area contributed by atoms with Gasteiger partial charge in [-0.2, -0.15) is 0 Å². The standard InChI is InChI=1S/C32H48N2O8/c1-20-26(22-15-11-8-12-16-22)40-29(38)33(20)28(37)25(24(36)17-18-35)27-23(19-21-13-9-7-10-14-21)34(32(5,6)41-27)30(39)42-31(2,3)4/h8,11-12,15-16,20-21,23-27,35-36H,7,9-10,13-14,17-19H2,1-6H3/t20-,23+,24-,25-,26-,27+/m1/s1. The van der Waals surface area contributed by atoms with Crippen molar-refractivity contribution >= 4 is 18.1 Å². The van der Waals surface area contributed by atoms with E-state index in [4.69, 9.17) is 14.2 Å². The number of hydrogen-bond acceptors (Lipinski definition) is 8. The zero-order chi connectivity index (χ0) is 30.8. The molecule has 0 spiro atoms. The van der Waals surface area contributed by atoms with E-state index in [0.29, 0.717) is 12.3 Å². The van der Waals surface area contributed by atoms with Gasteiger partial charge in [0.05, 0.1) is 30.2 Å². The van der Waals surface area contributed by atoms with E-state index in [-0.39, 0.29) is 13.0 Å². The van der Waals surface area contributed by atoms with Gasteiger partial charge in [0.1, 0.15) is 17.4 Å². The molecule has 0 bridgehead atoms. The van der Waals surface area contributed by atoms with Gasteiger partial charge in [0, 0.05) is 6.61 Å². The smallest absolute Gasteiger partial charge is 0.417 e. The normalized spacial score (nSPS) is 28.0. The molecule has 4 rings (SSSR count). The van der Waals surface area contributed by atoms with Crippen LogP contribution in [0.2, 0.25) is 0 Å². The molecule has 2 N–H and O–H groups in total. The Morgan fingerprint density at radius 3 is 2.36 bits per heavy atom. The second-order valence-corrected chi connectivity index (χ2v) is 13.5. The van der Waals surface area contributed by atoms with E-state index in [2.05, 4.69) is 0 Å². The van der Waals surface area contributed by atoms with Gasteiger partial charge in [-0.05, 0) is 65.9 Å². The van der Waals surface area contributed by atoms with E-state index >= 15 is 0 Å². The summed E-state index contributed by atoms with van der Waals surface area (Å²) in [7, 11) is 0. The summed E-state index contributed by atoms with van der Waals surface area (Å²) in [6.45, 7) is 10.3. The molecule has 2 aliphatic heterocycles. The van der Waals surface area contributed by atoms with Crippen LogP contribution < -0.4 is 0 Å². The molecule has 6 atom stereocenters. The number of nitrogens with zero attached hydrogens (tertiary/aromatic N) is 2. The summed E-state index contributed by atoms with van der Waals surface area (Å²) in [4.78, 5) is 43.9. The third kappa shape index (κ3) is 6.92. The number of benzene rings is 1. The van der Waals surface area contributed by atoms with Crippen LogP contribution in [0.5, 0.6) is 0 Å². The number of rotatable bonds is 8. The molecule has 0 unspecified atom stereocenters. The topological polar surface area (TPSA) is 126 Å². The van der Waals surface area contributed by atoms with E-state index in [0.717, 1.165) is 42.6 Å². The van der Waals surface area contributed by atoms with E-state index in [1.807, 2.05) is 30.3 Å². The molecule has 1 saturated carbocycles. The van der Waals surface area contributed by atoms with Gasteiger partial charge in [-0.3, -0.25) is 9.69 Å². The fourth-order valence-electron chi connectivity index (χ4n) is 6.84. The highest BCUT2D eigenvalue weighted by molar-refractivity contribution is 5.95. The zero-order valence-corrected chi connectivity index (χ0v) is 25.8. The van der Waals surface area contributed by atoms with Crippen molar-refractivity contribution in [3.05, 3.63) is 35.9 Å². The lowest BCUT2D eigenvalue weighted by Crippen LogP contribution is -2.54. The van der Waals surface area contributed by atoms with Crippen LogP contribution in [-0.2, 0) is 19.0 Å². The Kier molecular flexibility index (Phi) is 9.89. The van der Waals surface area contributed by atoms with Crippen molar-refractivity contribution in [2.45, 2.75) is 128 Å². The van der Waals surface area contributed by atoms with Crippen molar-refractivity contribution in [1.82, 2.24) is 9.80 Å². The lowest BCUT2D eigenvalue weighted by molar-refractivity contribution is -0.150. The molecule has 0 aromatic heterocycles. The maximum Gasteiger partial charge on any atom is 0.417 e. The summed E-state index contributed by atoms with van der Waals surface area (Å²) in [5, 5.41) is 21.2. The van der Waals surface area contributed by atoms with Gasteiger partial charge in [0.2, 0.25) is 5.91 Å². The van der Waals surface area contributed by atoms with Gasteiger partial charge < -0.3 is 24.4 Å². The van der Waals surface area contributed by atoms with Gasteiger partial charge in [-0.1, -0.05) is 62.4 Å². The zero-order valence-electron chi connectivity index (χ0n) is 25.8. The van der Waals surface area contributed by atoms with Gasteiger partial charge >= 0.3 is 12.2 Å². The van der Waals surface area contributed by atoms with Crippen LogP contribution in [0.1, 0.15) is 98.2 Å². The molecule has 3 amide bonds. The molecular formula is C32H48N2O8. The monoisotopic (exact) mass is 588 g/mol. The van der Waals surface area contributed by atoms with Crippen LogP contribution in [0.4, 0.5) is 9.59 Å². The van der Waals surface area contributed by atoms with Gasteiger partial charge in [-0.25, -0.2) is 14.5 Å². The van der Waals surface area contributed by atoms with Crippen molar-refractivity contribution in [2.24, 2.45) is 11.8 Å². The van der Waals surface area contributed by atoms with Gasteiger partial charge in [0.25, 0.3) is 0 Å². The molecule has 2 heterocycles. The highest BCUT2D eigenvalue weighted by atomic mass is 16.6. The summed E-state index contributed by atoms with van der Waals surface area (Å²) >= 11 is 0. The second-order valence-electron chi connectivity index (χ2n) is 13.5. The number of amides is 3. The Balaban J connectivity index is 1.72. The number of cyclic esters (lactones) is 1. The highest BCUT2D eigenvalue weighted by Crippen LogP contribution is 2.44. The Morgan fingerprint density at radius 1 is 1.12 bits per heavy atom. The van der Waals surface area contributed by atoms with Gasteiger partial charge in [0.15, 0.2) is 0 Å². The van der Waals surface area contributed by atoms with Crippen LogP contribution in [0.3, 0.4) is 0 Å². The first kappa shape index (κ1) is 32.2. The number of aliphatic hydroxyl groups excluding tert-OH is 2. The molecule has 1 aromatic carbocycles. The van der Waals surface area contributed by atoms with Crippen LogP contribution in [0.15, 0.2) is 30.3 Å². The van der Waals surface area contributed by atoms with Crippen molar-refractivity contribution in [3.63, 3.8) is 0 Å². The first-order chi connectivity index (χ1) is 19.7. The van der Waals surface area contributed by atoms with Crippen molar-refractivity contribution in [3.8, 4) is 0 Å². The Morgan fingerprint density at radius 2 is 1.76 bits per heavy atom. The van der Waals surface area contributed by atoms with Crippen LogP contribution in [0, 0.1) is 11.8 Å². The number of aliphatic hydroxyl groups is 2. The molecule has 10 nitrogen and oxygen atoms in total. The van der Waals surface area contributed by atoms with Crippen molar-refractivity contribution in [1.29, 1.82) is 0 Å². The van der Waals surface area contributed by atoms with E-state index in [1.165, 1.54) is 0 Å². The molecule has 234 valence electrons. The van der Waals surface area contributed by atoms with Crippen molar-refractivity contribution < 1.29 is 38.8 Å². The van der Waals surface area contributed by atoms with E-state index < -0.39 is 65.7 Å². The minimum atomic E-state index is -1.33. The summed E-state index contributed by atoms with van der Waals surface area (Å²) < 4.78 is 18.0. The van der Waals surface area contributed by atoms with Gasteiger partial charge in [-0.15, -0.1) is 0 Å². The summed E-state index contributed by atoms with van der Waals surface area (Å²) in [5.74, 6) is -1.58. The van der Waals surface area contributed by atoms with E-state index in [1.54, 1.807) is 46.4 Å². The Labute approximate surface area is 249 Å². The average Bonchev–Trinajstić information content (AvgIpc) is 3.35. The number of carbonyl (C=O) groups is 3. The predicted molar refractivity (Wildman–Crippen MR) is 155 cm³/mol. The number of hydrogen-bond donors (Lipinski definition) is 2. The minimum Gasteiger partial charge on any atom is -0.444 e. The summed E-state index contributed by atoms with van der Waals surface area (Å²) in [6.07, 6.45) is 1.50. The van der Waals surface area contributed by atoms with Crippen LogP contribution in [-0.4, -0.2) is 80.3 Å². The quantitative estimate of drug-likeness (QED) is 0.426. The maximum atomic E-state index is 14.4. The van der Waals surface area contributed by atoms with Crippen molar-refractivity contribution in [2.75, 3.05) is 6.61 Å². The molecule has 1 aromatic rings. The fraction of sp³-hybridized carbons (Fsp3) is 0.719. The molecule has 0 radical (unpaired) electrons. The average molecular weight is 589 g/mol. The number of ether oxygens (including phenoxy) is 3. The van der Waals surface area contributed by atoms with Crippen LogP contribution in [0.25, 0.3) is 0 Å². The fourth-order valence-corrected chi connectivity index (χ4v) is 6.84. The summed E-state index contributed by atoms with van der Waals surface area (Å²) in [5.41, 5.74) is -1.16. The lowest BCUT2D eigenvalue weighted by atomic mass is 9.79. The maximum absolute atomic E-state index is 14.4.